The third kappa shape index (κ3) is 3.95. The van der Waals surface area contributed by atoms with E-state index in [2.05, 4.69) is 7.81 Å². The number of rotatable bonds is 4. The van der Waals surface area contributed by atoms with E-state index in [4.69, 9.17) is 5.11 Å². The second-order valence-corrected chi connectivity index (χ2v) is 3.14. The number of hydrogen-bond acceptors (Lipinski definition) is 8. The van der Waals surface area contributed by atoms with Crippen LogP contribution in [0.25, 0.3) is 0 Å². The molecule has 1 N–H and O–H groups in total. The molecule has 11 heteroatoms. The van der Waals surface area contributed by atoms with Crippen LogP contribution in [-0.4, -0.2) is 24.0 Å². The Kier molecular flexibility index (Phi) is 3.72. The quantitative estimate of drug-likeness (QED) is 0.386. The highest BCUT2D eigenvalue weighted by atomic mass is 32.3. The van der Waals surface area contributed by atoms with Crippen molar-refractivity contribution in [2.24, 2.45) is 0 Å². The number of carbonyl (C=O) groups is 1. The standard InChI is InChI=1S/CHNO8S2/c3-1(4)9-11-10-12(7,8)2(5)6/h(H,3,4). The molecule has 0 unspecified atom stereocenters. The summed E-state index contributed by atoms with van der Waals surface area (Å²) >= 11 is -0.533. The van der Waals surface area contributed by atoms with Crippen LogP contribution in [0.4, 0.5) is 4.79 Å². The van der Waals surface area contributed by atoms with Crippen molar-refractivity contribution in [1.29, 1.82) is 0 Å². The Labute approximate surface area is 70.1 Å². The predicted octanol–water partition coefficient (Wildman–Crippen LogP) is -0.218. The van der Waals surface area contributed by atoms with Gasteiger partial charge in [0.1, 0.15) is 0 Å². The molecule has 0 heterocycles. The molecule has 12 heavy (non-hydrogen) atoms. The van der Waals surface area contributed by atoms with Crippen LogP contribution in [0.2, 0.25) is 0 Å². The van der Waals surface area contributed by atoms with Gasteiger partial charge in [0.15, 0.2) is 4.33 Å². The van der Waals surface area contributed by atoms with E-state index in [9.17, 15) is 23.3 Å². The minimum Gasteiger partial charge on any atom is -0.449 e. The van der Waals surface area contributed by atoms with E-state index in [-0.39, 0.29) is 0 Å². The highest BCUT2D eigenvalue weighted by molar-refractivity contribution is 7.99. The van der Waals surface area contributed by atoms with Gasteiger partial charge in [0.2, 0.25) is 0 Å². The predicted molar refractivity (Wildman–Crippen MR) is 33.7 cm³/mol. The molecule has 9 nitrogen and oxygen atoms in total. The number of hydrogen-bond donors (Lipinski definition) is 1. The Balaban J connectivity index is 3.95. The zero-order chi connectivity index (χ0) is 9.78. The Hall–Kier alpha value is -1.07. The van der Waals surface area contributed by atoms with Gasteiger partial charge in [-0.05, 0) is 0 Å². The average molecular weight is 219 g/mol. The summed E-state index contributed by atoms with van der Waals surface area (Å²) in [7, 11) is -5.00. The van der Waals surface area contributed by atoms with Crippen molar-refractivity contribution in [2.45, 2.75) is 0 Å². The summed E-state index contributed by atoms with van der Waals surface area (Å²) < 4.78 is 25.3. The summed E-state index contributed by atoms with van der Waals surface area (Å²) in [5, 5.41) is 17.3. The number of carboxylic acid groups (broad SMARTS) is 1. The van der Waals surface area contributed by atoms with Crippen molar-refractivity contribution in [1.82, 2.24) is 0 Å². The zero-order valence-electron chi connectivity index (χ0n) is 5.07. The Morgan fingerprint density at radius 3 is 2.42 bits per heavy atom. The fraction of sp³-hybridized carbons (Fsp3) is 0. The van der Waals surface area contributed by atoms with Crippen LogP contribution in [0.5, 0.6) is 0 Å². The molecule has 0 bridgehead atoms. The molecular weight excluding hydrogens is 218 g/mol. The monoisotopic (exact) mass is 219 g/mol. The maximum atomic E-state index is 10.1. The smallest absolute Gasteiger partial charge is 0.449 e. The summed E-state index contributed by atoms with van der Waals surface area (Å²) in [5.74, 6) is 0. The molecule has 0 aliphatic heterocycles. The maximum Gasteiger partial charge on any atom is 0.580 e. The van der Waals surface area contributed by atoms with Crippen molar-refractivity contribution in [2.75, 3.05) is 0 Å². The molecule has 0 saturated carbocycles. The van der Waals surface area contributed by atoms with Crippen LogP contribution in [0.3, 0.4) is 0 Å². The number of nitro groups is 1. The number of nitrogens with zero attached hydrogens (tertiary/aromatic N) is 1. The Morgan fingerprint density at radius 2 is 2.08 bits per heavy atom. The SMILES string of the molecule is O=C(O)OSOS(=O)(=O)[N+](=O)[O-]. The first-order valence-corrected chi connectivity index (χ1v) is 4.04. The minimum absolute atomic E-state index is 0.533. The summed E-state index contributed by atoms with van der Waals surface area (Å²) in [6.07, 6.45) is -1.83. The van der Waals surface area contributed by atoms with Gasteiger partial charge in [0, 0.05) is 0 Å². The van der Waals surface area contributed by atoms with Crippen molar-refractivity contribution >= 4 is 28.8 Å². The van der Waals surface area contributed by atoms with Gasteiger partial charge in [-0.3, -0.25) is 0 Å². The second kappa shape index (κ2) is 4.08. The lowest BCUT2D eigenvalue weighted by Gasteiger charge is -1.92. The maximum absolute atomic E-state index is 10.1. The zero-order valence-corrected chi connectivity index (χ0v) is 6.70. The molecule has 0 rings (SSSR count). The van der Waals surface area contributed by atoms with E-state index < -0.39 is 33.1 Å². The van der Waals surface area contributed by atoms with Crippen LogP contribution >= 0.6 is 12.3 Å². The van der Waals surface area contributed by atoms with Gasteiger partial charge in [0.25, 0.3) is 12.3 Å². The van der Waals surface area contributed by atoms with Gasteiger partial charge >= 0.3 is 16.5 Å². The first kappa shape index (κ1) is 10.9. The second-order valence-electron chi connectivity index (χ2n) is 1.14. The van der Waals surface area contributed by atoms with Gasteiger partial charge in [-0.25, -0.2) is 14.9 Å². The molecule has 0 atom stereocenters. The van der Waals surface area contributed by atoms with E-state index in [0.717, 1.165) is 0 Å². The van der Waals surface area contributed by atoms with Gasteiger partial charge in [-0.1, -0.05) is 3.63 Å². The lowest BCUT2D eigenvalue weighted by Crippen LogP contribution is -2.13. The van der Waals surface area contributed by atoms with Crippen LogP contribution in [0, 0.1) is 10.1 Å². The van der Waals surface area contributed by atoms with E-state index in [0.29, 0.717) is 0 Å². The molecule has 0 saturated heterocycles. The van der Waals surface area contributed by atoms with Crippen molar-refractivity contribution in [3.63, 3.8) is 0 Å². The van der Waals surface area contributed by atoms with E-state index in [1.807, 2.05) is 0 Å². The van der Waals surface area contributed by atoms with Crippen LogP contribution < -0.4 is 0 Å². The molecule has 0 aromatic rings. The Bertz CT molecular complexity index is 277. The first-order chi connectivity index (χ1) is 5.36. The molecule has 0 spiro atoms. The minimum atomic E-state index is -5.00. The van der Waals surface area contributed by atoms with Crippen LogP contribution in [0.1, 0.15) is 0 Å². The molecule has 0 aliphatic carbocycles. The normalized spacial score (nSPS) is 10.7. The first-order valence-electron chi connectivity index (χ1n) is 2.01. The molecular formula is CHNO8S2. The summed E-state index contributed by atoms with van der Waals surface area (Å²) in [6.45, 7) is 0. The fourth-order valence-corrected chi connectivity index (χ4v) is 0.752. The van der Waals surface area contributed by atoms with Gasteiger partial charge < -0.3 is 9.29 Å². The van der Waals surface area contributed by atoms with E-state index >= 15 is 0 Å². The Morgan fingerprint density at radius 1 is 1.58 bits per heavy atom. The van der Waals surface area contributed by atoms with E-state index in [1.165, 1.54) is 0 Å². The topological polar surface area (TPSA) is 133 Å². The van der Waals surface area contributed by atoms with Gasteiger partial charge in [-0.15, -0.1) is 8.42 Å². The summed E-state index contributed by atoms with van der Waals surface area (Å²) in [4.78, 5) is 19.1. The average Bonchev–Trinajstić information content (AvgIpc) is 1.85. The molecule has 0 radical (unpaired) electrons. The largest absolute Gasteiger partial charge is 0.580 e. The fourth-order valence-electron chi connectivity index (χ4n) is 0.103. The highest BCUT2D eigenvalue weighted by Gasteiger charge is 2.27. The summed E-state index contributed by atoms with van der Waals surface area (Å²) in [6, 6.07) is 0. The molecule has 70 valence electrons. The third-order valence-electron chi connectivity index (χ3n) is 0.402. The lowest BCUT2D eigenvalue weighted by atomic mass is 11.5. The van der Waals surface area contributed by atoms with Crippen molar-refractivity contribution in [3.8, 4) is 0 Å². The summed E-state index contributed by atoms with van der Waals surface area (Å²) in [5.41, 5.74) is 0. The van der Waals surface area contributed by atoms with Gasteiger partial charge in [-0.2, -0.15) is 0 Å². The lowest BCUT2D eigenvalue weighted by molar-refractivity contribution is -0.314. The highest BCUT2D eigenvalue weighted by Crippen LogP contribution is 2.10. The molecule has 0 aromatic carbocycles. The van der Waals surface area contributed by atoms with Crippen LogP contribution in [0.15, 0.2) is 0 Å². The van der Waals surface area contributed by atoms with E-state index in [1.54, 1.807) is 0 Å². The third-order valence-corrected chi connectivity index (χ3v) is 1.89. The van der Waals surface area contributed by atoms with Crippen LogP contribution in [-0.2, 0) is 18.1 Å². The molecule has 0 aliphatic rings. The van der Waals surface area contributed by atoms with Gasteiger partial charge in [0.05, 0.1) is 0 Å². The molecule has 0 amide bonds. The molecule has 0 aromatic heterocycles. The van der Waals surface area contributed by atoms with Crippen molar-refractivity contribution < 1.29 is 30.5 Å². The molecule has 0 fully saturated rings. The van der Waals surface area contributed by atoms with Crippen molar-refractivity contribution in [3.05, 3.63) is 10.1 Å².